The molecule has 0 saturated carbocycles. The largest absolute Gasteiger partial charge is 0.465 e. The number of ether oxygens (including phenoxy) is 2. The van der Waals surface area contributed by atoms with Crippen LogP contribution in [0, 0.1) is 11.8 Å². The molecule has 0 spiro atoms. The third-order valence-corrected chi connectivity index (χ3v) is 3.47. The molecule has 6 heteroatoms. The highest BCUT2D eigenvalue weighted by molar-refractivity contribution is 6.01. The quantitative estimate of drug-likeness (QED) is 0.451. The Morgan fingerprint density at radius 1 is 1.30 bits per heavy atom. The fourth-order valence-electron chi connectivity index (χ4n) is 2.43. The van der Waals surface area contributed by atoms with E-state index in [1.807, 2.05) is 19.1 Å². The molecule has 0 N–H and O–H groups in total. The molecule has 0 aromatic carbocycles. The van der Waals surface area contributed by atoms with Gasteiger partial charge in [0.25, 0.3) is 0 Å². The highest BCUT2D eigenvalue weighted by Crippen LogP contribution is 2.24. The number of amides is 1. The van der Waals surface area contributed by atoms with Crippen molar-refractivity contribution in [2.45, 2.75) is 46.6 Å². The number of Topliss-reactive ketones (excluding diaryl/α,β-unsaturated/α-hetero) is 1. The number of carbonyl (C=O) groups is 3. The van der Waals surface area contributed by atoms with Crippen LogP contribution in [0.25, 0.3) is 0 Å². The zero-order chi connectivity index (χ0) is 17.6. The maximum atomic E-state index is 12.5. The summed E-state index contributed by atoms with van der Waals surface area (Å²) >= 11 is 0. The van der Waals surface area contributed by atoms with Crippen molar-refractivity contribution >= 4 is 17.8 Å². The number of ketones is 1. The Kier molecular flexibility index (Phi) is 6.79. The Morgan fingerprint density at radius 2 is 1.96 bits per heavy atom. The fraction of sp³-hybridized carbons (Fsp3) is 0.706. The minimum atomic E-state index is -0.938. The van der Waals surface area contributed by atoms with Crippen molar-refractivity contribution in [1.82, 2.24) is 4.90 Å². The van der Waals surface area contributed by atoms with Gasteiger partial charge in [-0.2, -0.15) is 0 Å². The van der Waals surface area contributed by atoms with Crippen LogP contribution in [0.5, 0.6) is 0 Å². The third-order valence-electron chi connectivity index (χ3n) is 3.47. The molecule has 1 amide bonds. The number of allylic oxidation sites excluding steroid dienone is 2. The van der Waals surface area contributed by atoms with E-state index in [-0.39, 0.29) is 25.5 Å². The van der Waals surface area contributed by atoms with Crippen LogP contribution < -0.4 is 0 Å². The molecule has 23 heavy (non-hydrogen) atoms. The lowest BCUT2D eigenvalue weighted by Crippen LogP contribution is -2.52. The lowest BCUT2D eigenvalue weighted by atomic mass is 9.85. The molecule has 0 aliphatic carbocycles. The molecular weight excluding hydrogens is 298 g/mol. The molecule has 1 saturated heterocycles. The first kappa shape index (κ1) is 19.2. The average molecular weight is 325 g/mol. The van der Waals surface area contributed by atoms with Gasteiger partial charge in [-0.15, -0.1) is 0 Å². The SMILES string of the molecule is C/C=C/CC1CN(C(=O)OC(C)(C)C)CC(C(=O)OCC)C1=O. The third kappa shape index (κ3) is 5.69. The molecule has 1 aliphatic rings. The second-order valence-corrected chi connectivity index (χ2v) is 6.59. The zero-order valence-corrected chi connectivity index (χ0v) is 14.6. The Balaban J connectivity index is 2.93. The van der Waals surface area contributed by atoms with E-state index in [0.717, 1.165) is 0 Å². The molecule has 1 fully saturated rings. The van der Waals surface area contributed by atoms with Crippen LogP contribution >= 0.6 is 0 Å². The number of hydrogen-bond donors (Lipinski definition) is 0. The number of carbonyl (C=O) groups excluding carboxylic acids is 3. The van der Waals surface area contributed by atoms with Gasteiger partial charge in [-0.25, -0.2) is 4.79 Å². The van der Waals surface area contributed by atoms with Gasteiger partial charge in [-0.3, -0.25) is 9.59 Å². The molecule has 1 rings (SSSR count). The predicted molar refractivity (Wildman–Crippen MR) is 85.9 cm³/mol. The van der Waals surface area contributed by atoms with E-state index < -0.39 is 29.5 Å². The first-order valence-corrected chi connectivity index (χ1v) is 7.99. The summed E-state index contributed by atoms with van der Waals surface area (Å²) in [6.45, 7) is 9.36. The topological polar surface area (TPSA) is 72.9 Å². The van der Waals surface area contributed by atoms with Crippen LogP contribution in [0.2, 0.25) is 0 Å². The van der Waals surface area contributed by atoms with Crippen molar-refractivity contribution in [3.8, 4) is 0 Å². The predicted octanol–water partition coefficient (Wildman–Crippen LogP) is 2.57. The summed E-state index contributed by atoms with van der Waals surface area (Å²) in [5, 5.41) is 0. The highest BCUT2D eigenvalue weighted by atomic mass is 16.6. The molecule has 1 heterocycles. The standard InChI is InChI=1S/C17H27NO5/c1-6-8-9-12-10-18(16(21)23-17(3,4)5)11-13(14(12)19)15(20)22-7-2/h6,8,12-13H,7,9-11H2,1-5H3/b8-6+. The van der Waals surface area contributed by atoms with Crippen LogP contribution in [-0.2, 0) is 19.1 Å². The Bertz CT molecular complexity index is 478. The highest BCUT2D eigenvalue weighted by Gasteiger charge is 2.42. The Hall–Kier alpha value is -1.85. The number of likely N-dealkylation sites (tertiary alicyclic amines) is 1. The van der Waals surface area contributed by atoms with Crippen LogP contribution in [0.15, 0.2) is 12.2 Å². The maximum Gasteiger partial charge on any atom is 0.410 e. The summed E-state index contributed by atoms with van der Waals surface area (Å²) in [7, 11) is 0. The van der Waals surface area contributed by atoms with E-state index in [1.54, 1.807) is 27.7 Å². The van der Waals surface area contributed by atoms with Crippen LogP contribution in [0.1, 0.15) is 41.0 Å². The molecular formula is C17H27NO5. The number of piperidine rings is 1. The smallest absolute Gasteiger partial charge is 0.410 e. The second kappa shape index (κ2) is 8.13. The average Bonchev–Trinajstić information content (AvgIpc) is 2.44. The molecule has 0 aromatic rings. The second-order valence-electron chi connectivity index (χ2n) is 6.59. The molecule has 2 unspecified atom stereocenters. The Morgan fingerprint density at radius 3 is 2.48 bits per heavy atom. The lowest BCUT2D eigenvalue weighted by Gasteiger charge is -2.36. The molecule has 0 aromatic heterocycles. The monoisotopic (exact) mass is 325 g/mol. The minimum Gasteiger partial charge on any atom is -0.465 e. The van der Waals surface area contributed by atoms with E-state index in [0.29, 0.717) is 6.42 Å². The van der Waals surface area contributed by atoms with Crippen LogP contribution in [-0.4, -0.2) is 48.0 Å². The molecule has 130 valence electrons. The summed E-state index contributed by atoms with van der Waals surface area (Å²) in [4.78, 5) is 38.2. The summed E-state index contributed by atoms with van der Waals surface area (Å²) in [6, 6.07) is 0. The molecule has 2 atom stereocenters. The van der Waals surface area contributed by atoms with Crippen molar-refractivity contribution < 1.29 is 23.9 Å². The van der Waals surface area contributed by atoms with Gasteiger partial charge in [0, 0.05) is 19.0 Å². The maximum absolute atomic E-state index is 12.5. The number of esters is 1. The van der Waals surface area contributed by atoms with Crippen molar-refractivity contribution in [1.29, 1.82) is 0 Å². The van der Waals surface area contributed by atoms with Crippen molar-refractivity contribution in [3.05, 3.63) is 12.2 Å². The normalized spacial score (nSPS) is 22.3. The van der Waals surface area contributed by atoms with E-state index in [2.05, 4.69) is 0 Å². The Labute approximate surface area is 137 Å². The van der Waals surface area contributed by atoms with E-state index >= 15 is 0 Å². The molecule has 1 aliphatic heterocycles. The minimum absolute atomic E-state index is 0.0128. The van der Waals surface area contributed by atoms with Gasteiger partial charge in [0.05, 0.1) is 6.61 Å². The number of nitrogens with zero attached hydrogens (tertiary/aromatic N) is 1. The van der Waals surface area contributed by atoms with Gasteiger partial charge < -0.3 is 14.4 Å². The summed E-state index contributed by atoms with van der Waals surface area (Å²) < 4.78 is 10.3. The first-order valence-electron chi connectivity index (χ1n) is 7.99. The van der Waals surface area contributed by atoms with E-state index in [1.165, 1.54) is 4.90 Å². The molecule has 0 bridgehead atoms. The van der Waals surface area contributed by atoms with Gasteiger partial charge in [-0.05, 0) is 41.0 Å². The summed E-state index contributed by atoms with van der Waals surface area (Å²) in [6.07, 6.45) is 3.69. The van der Waals surface area contributed by atoms with E-state index in [9.17, 15) is 14.4 Å². The van der Waals surface area contributed by atoms with Crippen molar-refractivity contribution in [2.24, 2.45) is 11.8 Å². The van der Waals surface area contributed by atoms with Crippen LogP contribution in [0.3, 0.4) is 0 Å². The van der Waals surface area contributed by atoms with Gasteiger partial charge in [0.15, 0.2) is 5.78 Å². The van der Waals surface area contributed by atoms with Gasteiger partial charge >= 0.3 is 12.1 Å². The zero-order valence-electron chi connectivity index (χ0n) is 14.6. The van der Waals surface area contributed by atoms with Crippen LogP contribution in [0.4, 0.5) is 4.79 Å². The number of hydrogen-bond acceptors (Lipinski definition) is 5. The lowest BCUT2D eigenvalue weighted by molar-refractivity contribution is -0.155. The first-order chi connectivity index (χ1) is 10.7. The summed E-state index contributed by atoms with van der Waals surface area (Å²) in [5.41, 5.74) is -0.628. The molecule has 6 nitrogen and oxygen atoms in total. The van der Waals surface area contributed by atoms with E-state index in [4.69, 9.17) is 9.47 Å². The van der Waals surface area contributed by atoms with Crippen molar-refractivity contribution in [3.63, 3.8) is 0 Å². The fourth-order valence-corrected chi connectivity index (χ4v) is 2.43. The summed E-state index contributed by atoms with van der Waals surface area (Å²) in [5.74, 6) is -2.09. The van der Waals surface area contributed by atoms with Gasteiger partial charge in [0.2, 0.25) is 0 Å². The van der Waals surface area contributed by atoms with Gasteiger partial charge in [-0.1, -0.05) is 12.2 Å². The molecule has 0 radical (unpaired) electrons. The number of rotatable bonds is 4. The van der Waals surface area contributed by atoms with Gasteiger partial charge in [0.1, 0.15) is 11.5 Å². The van der Waals surface area contributed by atoms with Crippen molar-refractivity contribution in [2.75, 3.05) is 19.7 Å².